The van der Waals surface area contributed by atoms with Gasteiger partial charge in [-0.1, -0.05) is 5.16 Å². The van der Waals surface area contributed by atoms with Crippen molar-refractivity contribution in [2.45, 2.75) is 11.8 Å². The van der Waals surface area contributed by atoms with Gasteiger partial charge in [0.2, 0.25) is 5.88 Å². The second-order valence-electron chi connectivity index (χ2n) is 4.98. The van der Waals surface area contributed by atoms with E-state index in [1.807, 2.05) is 49.6 Å². The van der Waals surface area contributed by atoms with E-state index in [2.05, 4.69) is 15.1 Å². The fourth-order valence-corrected chi connectivity index (χ4v) is 2.57. The number of oxime groups is 1. The van der Waals surface area contributed by atoms with E-state index < -0.39 is 0 Å². The molecule has 0 bridgehead atoms. The van der Waals surface area contributed by atoms with E-state index >= 15 is 0 Å². The van der Waals surface area contributed by atoms with Gasteiger partial charge in [-0.15, -0.1) is 11.8 Å². The van der Waals surface area contributed by atoms with Gasteiger partial charge < -0.3 is 9.94 Å². The van der Waals surface area contributed by atoms with Crippen molar-refractivity contribution in [2.24, 2.45) is 5.16 Å². The van der Waals surface area contributed by atoms with E-state index in [0.29, 0.717) is 17.2 Å². The maximum atomic E-state index is 9.43. The number of hydrogen-bond acceptors (Lipinski definition) is 6. The lowest BCUT2D eigenvalue weighted by Crippen LogP contribution is -2.14. The highest BCUT2D eigenvalue weighted by atomic mass is 32.2. The van der Waals surface area contributed by atoms with Crippen LogP contribution in [0.4, 0.5) is 0 Å². The average molecular weight is 340 g/mol. The molecule has 0 radical (unpaired) electrons. The SMILES string of the molecule is CSc1ccc(Oc2nc(C)ccc2/C(=N/O)n2ccnc2)cc1. The Hall–Kier alpha value is -2.80. The molecule has 24 heavy (non-hydrogen) atoms. The van der Waals surface area contributed by atoms with Gasteiger partial charge in [-0.2, -0.15) is 0 Å². The van der Waals surface area contributed by atoms with Crippen LogP contribution in [-0.4, -0.2) is 31.8 Å². The maximum absolute atomic E-state index is 9.43. The Balaban J connectivity index is 1.99. The van der Waals surface area contributed by atoms with Crippen molar-refractivity contribution in [3.8, 4) is 11.6 Å². The summed E-state index contributed by atoms with van der Waals surface area (Å²) in [5.74, 6) is 1.32. The van der Waals surface area contributed by atoms with Gasteiger partial charge in [0.25, 0.3) is 0 Å². The van der Waals surface area contributed by atoms with Crippen LogP contribution in [0.15, 0.2) is 65.2 Å². The van der Waals surface area contributed by atoms with E-state index in [1.165, 1.54) is 0 Å². The standard InChI is InChI=1S/C17H16N4O2S/c1-12-3-8-15(16(20-22)21-10-9-18-11-21)17(19-12)23-13-4-6-14(24-2)7-5-13/h3-11,22H,1-2H3/b20-16-. The largest absolute Gasteiger partial charge is 0.438 e. The molecule has 0 aliphatic heterocycles. The van der Waals surface area contributed by atoms with Gasteiger partial charge in [-0.25, -0.2) is 9.97 Å². The minimum Gasteiger partial charge on any atom is -0.438 e. The molecule has 0 saturated heterocycles. The van der Waals surface area contributed by atoms with Crippen LogP contribution in [0.1, 0.15) is 11.3 Å². The smallest absolute Gasteiger partial charge is 0.230 e. The number of ether oxygens (including phenoxy) is 1. The van der Waals surface area contributed by atoms with Crippen molar-refractivity contribution in [1.82, 2.24) is 14.5 Å². The molecule has 6 nitrogen and oxygen atoms in total. The van der Waals surface area contributed by atoms with Crippen LogP contribution in [-0.2, 0) is 0 Å². The fraction of sp³-hybridized carbons (Fsp3) is 0.118. The molecule has 2 heterocycles. The summed E-state index contributed by atoms with van der Waals surface area (Å²) in [6, 6.07) is 11.4. The highest BCUT2D eigenvalue weighted by Gasteiger charge is 2.16. The van der Waals surface area contributed by atoms with Gasteiger partial charge in [-0.3, -0.25) is 4.57 Å². The molecule has 0 saturated carbocycles. The first-order valence-electron chi connectivity index (χ1n) is 7.21. The topological polar surface area (TPSA) is 72.5 Å². The van der Waals surface area contributed by atoms with E-state index in [0.717, 1.165) is 10.6 Å². The van der Waals surface area contributed by atoms with Gasteiger partial charge in [0, 0.05) is 23.0 Å². The van der Waals surface area contributed by atoms with Crippen molar-refractivity contribution in [3.05, 3.63) is 66.4 Å². The number of imidazole rings is 1. The van der Waals surface area contributed by atoms with Crippen LogP contribution in [0.5, 0.6) is 11.6 Å². The van der Waals surface area contributed by atoms with Crippen molar-refractivity contribution < 1.29 is 9.94 Å². The molecule has 0 unspecified atom stereocenters. The first kappa shape index (κ1) is 16.1. The number of aromatic nitrogens is 3. The Morgan fingerprint density at radius 2 is 2.00 bits per heavy atom. The van der Waals surface area contributed by atoms with Gasteiger partial charge in [0.1, 0.15) is 12.1 Å². The zero-order valence-electron chi connectivity index (χ0n) is 13.2. The van der Waals surface area contributed by atoms with E-state index in [4.69, 9.17) is 4.74 Å². The minimum absolute atomic E-state index is 0.288. The Bertz CT molecular complexity index is 846. The molecule has 3 aromatic rings. The summed E-state index contributed by atoms with van der Waals surface area (Å²) in [4.78, 5) is 9.56. The molecule has 0 atom stereocenters. The van der Waals surface area contributed by atoms with Gasteiger partial charge in [0.15, 0.2) is 5.84 Å². The summed E-state index contributed by atoms with van der Waals surface area (Å²) < 4.78 is 7.52. The summed E-state index contributed by atoms with van der Waals surface area (Å²) in [6.45, 7) is 1.88. The molecule has 3 rings (SSSR count). The Labute approximate surface area is 143 Å². The number of thioether (sulfide) groups is 1. The zero-order valence-corrected chi connectivity index (χ0v) is 14.1. The normalized spacial score (nSPS) is 11.5. The van der Waals surface area contributed by atoms with Crippen LogP contribution in [0, 0.1) is 6.92 Å². The first-order valence-corrected chi connectivity index (χ1v) is 8.44. The molecule has 1 aromatic carbocycles. The average Bonchev–Trinajstić information content (AvgIpc) is 3.12. The van der Waals surface area contributed by atoms with Crippen LogP contribution in [0.2, 0.25) is 0 Å². The number of nitrogens with zero attached hydrogens (tertiary/aromatic N) is 4. The molecule has 0 amide bonds. The molecule has 0 spiro atoms. The summed E-state index contributed by atoms with van der Waals surface area (Å²) >= 11 is 1.66. The summed E-state index contributed by atoms with van der Waals surface area (Å²) in [7, 11) is 0. The predicted octanol–water partition coefficient (Wildman–Crippen LogP) is 3.78. The first-order chi connectivity index (χ1) is 11.7. The Morgan fingerprint density at radius 3 is 2.62 bits per heavy atom. The van der Waals surface area contributed by atoms with Gasteiger partial charge in [-0.05, 0) is 49.6 Å². The third-order valence-electron chi connectivity index (χ3n) is 3.36. The molecular formula is C17H16N4O2S. The maximum Gasteiger partial charge on any atom is 0.230 e. The predicted molar refractivity (Wildman–Crippen MR) is 93.2 cm³/mol. The lowest BCUT2D eigenvalue weighted by Gasteiger charge is -2.12. The third-order valence-corrected chi connectivity index (χ3v) is 4.10. The fourth-order valence-electron chi connectivity index (χ4n) is 2.17. The lowest BCUT2D eigenvalue weighted by molar-refractivity contribution is 0.317. The van der Waals surface area contributed by atoms with Gasteiger partial charge in [0.05, 0.1) is 5.56 Å². The molecule has 0 aliphatic rings. The molecular weight excluding hydrogens is 324 g/mol. The molecule has 7 heteroatoms. The van der Waals surface area contributed by atoms with Gasteiger partial charge >= 0.3 is 0 Å². The third kappa shape index (κ3) is 3.41. The Kier molecular flexibility index (Phi) is 4.81. The van der Waals surface area contributed by atoms with Crippen LogP contribution < -0.4 is 4.74 Å². The number of pyridine rings is 1. The number of hydrogen-bond donors (Lipinski definition) is 1. The summed E-state index contributed by atoms with van der Waals surface area (Å²) in [5, 5.41) is 12.8. The summed E-state index contributed by atoms with van der Waals surface area (Å²) in [5.41, 5.74) is 1.37. The van der Waals surface area contributed by atoms with Crippen molar-refractivity contribution >= 4 is 17.6 Å². The second kappa shape index (κ2) is 7.18. The number of benzene rings is 1. The van der Waals surface area contributed by atoms with E-state index in [1.54, 1.807) is 35.0 Å². The molecule has 122 valence electrons. The Morgan fingerprint density at radius 1 is 1.21 bits per heavy atom. The molecule has 2 aromatic heterocycles. The highest BCUT2D eigenvalue weighted by molar-refractivity contribution is 7.98. The quantitative estimate of drug-likeness (QED) is 0.257. The lowest BCUT2D eigenvalue weighted by atomic mass is 10.2. The minimum atomic E-state index is 0.288. The van der Waals surface area contributed by atoms with Crippen LogP contribution >= 0.6 is 11.8 Å². The van der Waals surface area contributed by atoms with Crippen molar-refractivity contribution in [1.29, 1.82) is 0 Å². The van der Waals surface area contributed by atoms with Crippen molar-refractivity contribution in [3.63, 3.8) is 0 Å². The molecule has 1 N–H and O–H groups in total. The van der Waals surface area contributed by atoms with Crippen molar-refractivity contribution in [2.75, 3.05) is 6.26 Å². The zero-order chi connectivity index (χ0) is 16.9. The van der Waals surface area contributed by atoms with Crippen LogP contribution in [0.25, 0.3) is 0 Å². The number of aryl methyl sites for hydroxylation is 1. The van der Waals surface area contributed by atoms with E-state index in [9.17, 15) is 5.21 Å². The molecule has 0 fully saturated rings. The van der Waals surface area contributed by atoms with Crippen LogP contribution in [0.3, 0.4) is 0 Å². The summed E-state index contributed by atoms with van der Waals surface area (Å²) in [6.07, 6.45) is 6.86. The molecule has 0 aliphatic carbocycles. The number of rotatable bonds is 4. The second-order valence-corrected chi connectivity index (χ2v) is 5.86. The highest BCUT2D eigenvalue weighted by Crippen LogP contribution is 2.26. The monoisotopic (exact) mass is 340 g/mol. The van der Waals surface area contributed by atoms with E-state index in [-0.39, 0.29) is 5.84 Å².